The number of amides is 2. The first-order valence-corrected chi connectivity index (χ1v) is 7.84. The number of nitrogens with two attached hydrogens (primary N) is 1. The van der Waals surface area contributed by atoms with Crippen molar-refractivity contribution in [2.24, 2.45) is 5.73 Å². The Hall–Kier alpha value is -2.22. The minimum Gasteiger partial charge on any atom is -0.365 e. The van der Waals surface area contributed by atoms with Crippen LogP contribution in [0.1, 0.15) is 33.7 Å². The van der Waals surface area contributed by atoms with Gasteiger partial charge in [0.05, 0.1) is 6.20 Å². The van der Waals surface area contributed by atoms with Crippen molar-refractivity contribution in [1.29, 1.82) is 0 Å². The highest BCUT2D eigenvalue weighted by Gasteiger charge is 2.17. The highest BCUT2D eigenvalue weighted by atomic mass is 79.9. The van der Waals surface area contributed by atoms with E-state index in [1.807, 2.05) is 13.8 Å². The molecule has 0 aliphatic carbocycles. The Morgan fingerprint density at radius 1 is 1.43 bits per heavy atom. The van der Waals surface area contributed by atoms with Crippen LogP contribution < -0.4 is 11.1 Å². The van der Waals surface area contributed by atoms with Crippen LogP contribution in [0.15, 0.2) is 17.3 Å². The third-order valence-electron chi connectivity index (χ3n) is 3.55. The number of nitrogens with zero attached hydrogens (tertiary/aromatic N) is 3. The summed E-state index contributed by atoms with van der Waals surface area (Å²) in [5, 5.41) is 6.92. The van der Waals surface area contributed by atoms with Crippen LogP contribution >= 0.6 is 15.9 Å². The molecule has 0 spiro atoms. The molecule has 2 heterocycles. The van der Waals surface area contributed by atoms with Gasteiger partial charge in [-0.3, -0.25) is 9.59 Å². The average molecular weight is 380 g/mol. The highest BCUT2D eigenvalue weighted by Crippen LogP contribution is 2.18. The SMILES string of the molecule is C=C(Br)CNC(=O)CCc1c(C)nc2c(C(N)=O)cnn2c1C. The molecule has 2 aromatic rings. The lowest BCUT2D eigenvalue weighted by molar-refractivity contribution is -0.120. The predicted molar refractivity (Wildman–Crippen MR) is 90.4 cm³/mol. The van der Waals surface area contributed by atoms with Gasteiger partial charge in [-0.2, -0.15) is 5.10 Å². The van der Waals surface area contributed by atoms with E-state index in [1.54, 1.807) is 4.52 Å². The zero-order valence-corrected chi connectivity index (χ0v) is 14.6. The highest BCUT2D eigenvalue weighted by molar-refractivity contribution is 9.11. The fourth-order valence-electron chi connectivity index (χ4n) is 2.37. The number of hydrogen-bond acceptors (Lipinski definition) is 4. The molecule has 0 radical (unpaired) electrons. The normalized spacial score (nSPS) is 10.7. The monoisotopic (exact) mass is 379 g/mol. The first kappa shape index (κ1) is 17.1. The Kier molecular flexibility index (Phi) is 5.15. The lowest BCUT2D eigenvalue weighted by Crippen LogP contribution is -2.25. The molecule has 2 amide bonds. The lowest BCUT2D eigenvalue weighted by Gasteiger charge is -2.11. The van der Waals surface area contributed by atoms with Gasteiger partial charge in [0.15, 0.2) is 5.65 Å². The molecule has 122 valence electrons. The largest absolute Gasteiger partial charge is 0.365 e. The standard InChI is InChI=1S/C15H18BrN5O2/c1-8(16)6-18-13(22)5-4-11-9(2)20-15-12(14(17)23)7-19-21(15)10(11)3/h7H,1,4-6H2,2-3H3,(H2,17,23)(H,18,22). The second-order valence-corrected chi connectivity index (χ2v) is 6.33. The molecule has 0 unspecified atom stereocenters. The van der Waals surface area contributed by atoms with Gasteiger partial charge >= 0.3 is 0 Å². The summed E-state index contributed by atoms with van der Waals surface area (Å²) in [6, 6.07) is 0. The number of rotatable bonds is 6. The van der Waals surface area contributed by atoms with Crippen LogP contribution in [-0.2, 0) is 11.2 Å². The molecule has 7 nitrogen and oxygen atoms in total. The van der Waals surface area contributed by atoms with E-state index in [0.717, 1.165) is 21.4 Å². The zero-order valence-electron chi connectivity index (χ0n) is 13.0. The van der Waals surface area contributed by atoms with Crippen LogP contribution in [0.5, 0.6) is 0 Å². The summed E-state index contributed by atoms with van der Waals surface area (Å²) in [7, 11) is 0. The van der Waals surface area contributed by atoms with Crippen molar-refractivity contribution in [1.82, 2.24) is 19.9 Å². The topological polar surface area (TPSA) is 102 Å². The third-order valence-corrected chi connectivity index (χ3v) is 3.83. The molecule has 0 saturated heterocycles. The van der Waals surface area contributed by atoms with E-state index in [1.165, 1.54) is 6.20 Å². The molecule has 0 atom stereocenters. The molecule has 3 N–H and O–H groups in total. The van der Waals surface area contributed by atoms with Crippen molar-refractivity contribution in [3.05, 3.63) is 39.8 Å². The summed E-state index contributed by atoms with van der Waals surface area (Å²) in [5.74, 6) is -0.629. The summed E-state index contributed by atoms with van der Waals surface area (Å²) in [5.41, 5.74) is 8.59. The van der Waals surface area contributed by atoms with E-state index in [-0.39, 0.29) is 11.5 Å². The third kappa shape index (κ3) is 3.76. The van der Waals surface area contributed by atoms with Crippen LogP contribution in [0.25, 0.3) is 5.65 Å². The Bertz CT molecular complexity index is 797. The number of aryl methyl sites for hydroxylation is 2. The maximum atomic E-state index is 11.8. The Balaban J connectivity index is 2.23. The first-order chi connectivity index (χ1) is 10.8. The van der Waals surface area contributed by atoms with Crippen molar-refractivity contribution in [3.63, 3.8) is 0 Å². The number of primary amides is 1. The molecule has 0 saturated carbocycles. The van der Waals surface area contributed by atoms with Gasteiger partial charge in [-0.15, -0.1) is 0 Å². The van der Waals surface area contributed by atoms with Crippen molar-refractivity contribution < 1.29 is 9.59 Å². The van der Waals surface area contributed by atoms with Gasteiger partial charge in [0.25, 0.3) is 5.91 Å². The molecule has 0 fully saturated rings. The van der Waals surface area contributed by atoms with Gasteiger partial charge in [-0.1, -0.05) is 22.5 Å². The van der Waals surface area contributed by atoms with Gasteiger partial charge in [0.2, 0.25) is 5.91 Å². The molecule has 2 rings (SSSR count). The van der Waals surface area contributed by atoms with Crippen molar-refractivity contribution in [2.45, 2.75) is 26.7 Å². The average Bonchev–Trinajstić information content (AvgIpc) is 2.88. The van der Waals surface area contributed by atoms with Gasteiger partial charge in [-0.05, 0) is 25.8 Å². The minimum atomic E-state index is -0.562. The number of hydrogen-bond donors (Lipinski definition) is 2. The van der Waals surface area contributed by atoms with Gasteiger partial charge in [-0.25, -0.2) is 9.50 Å². The van der Waals surface area contributed by atoms with Crippen LogP contribution in [-0.4, -0.2) is 33.0 Å². The number of fused-ring (bicyclic) bond motifs is 1. The smallest absolute Gasteiger partial charge is 0.254 e. The maximum absolute atomic E-state index is 11.8. The minimum absolute atomic E-state index is 0.0669. The fourth-order valence-corrected chi connectivity index (χ4v) is 2.51. The van der Waals surface area contributed by atoms with E-state index in [9.17, 15) is 9.59 Å². The molecule has 8 heteroatoms. The van der Waals surface area contributed by atoms with Crippen LogP contribution in [0.4, 0.5) is 0 Å². The Morgan fingerprint density at radius 3 is 2.74 bits per heavy atom. The van der Waals surface area contributed by atoms with E-state index in [0.29, 0.717) is 25.0 Å². The van der Waals surface area contributed by atoms with E-state index >= 15 is 0 Å². The summed E-state index contributed by atoms with van der Waals surface area (Å²) >= 11 is 3.19. The van der Waals surface area contributed by atoms with Crippen LogP contribution in [0.3, 0.4) is 0 Å². The zero-order chi connectivity index (χ0) is 17.1. The predicted octanol–water partition coefficient (Wildman–Crippen LogP) is 1.40. The fraction of sp³-hybridized carbons (Fsp3) is 0.333. The number of carbonyl (C=O) groups excluding carboxylic acids is 2. The summed E-state index contributed by atoms with van der Waals surface area (Å²) < 4.78 is 2.30. The lowest BCUT2D eigenvalue weighted by atomic mass is 10.1. The molecule has 23 heavy (non-hydrogen) atoms. The van der Waals surface area contributed by atoms with E-state index < -0.39 is 5.91 Å². The second-order valence-electron chi connectivity index (χ2n) is 5.21. The quantitative estimate of drug-likeness (QED) is 0.791. The molecular formula is C15H18BrN5O2. The van der Waals surface area contributed by atoms with Crippen molar-refractivity contribution >= 4 is 33.4 Å². The second kappa shape index (κ2) is 6.91. The molecule has 2 aromatic heterocycles. The van der Waals surface area contributed by atoms with Crippen molar-refractivity contribution in [2.75, 3.05) is 6.54 Å². The van der Waals surface area contributed by atoms with E-state index in [4.69, 9.17) is 5.73 Å². The number of aromatic nitrogens is 3. The van der Waals surface area contributed by atoms with Crippen LogP contribution in [0.2, 0.25) is 0 Å². The molecule has 0 aliphatic heterocycles. The van der Waals surface area contributed by atoms with Gasteiger partial charge in [0.1, 0.15) is 5.56 Å². The summed E-state index contributed by atoms with van der Waals surface area (Å²) in [4.78, 5) is 27.6. The van der Waals surface area contributed by atoms with Crippen molar-refractivity contribution in [3.8, 4) is 0 Å². The first-order valence-electron chi connectivity index (χ1n) is 7.04. The molecule has 0 bridgehead atoms. The Morgan fingerprint density at radius 2 is 2.13 bits per heavy atom. The molecular weight excluding hydrogens is 362 g/mol. The van der Waals surface area contributed by atoms with Crippen LogP contribution in [0, 0.1) is 13.8 Å². The van der Waals surface area contributed by atoms with Gasteiger partial charge < -0.3 is 11.1 Å². The molecule has 0 aliphatic rings. The number of carbonyl (C=O) groups is 2. The van der Waals surface area contributed by atoms with E-state index in [2.05, 4.69) is 37.9 Å². The number of nitrogens with one attached hydrogen (secondary N) is 1. The maximum Gasteiger partial charge on any atom is 0.254 e. The summed E-state index contributed by atoms with van der Waals surface area (Å²) in [6.07, 6.45) is 2.28. The Labute approximate surface area is 142 Å². The number of halogens is 1. The summed E-state index contributed by atoms with van der Waals surface area (Å²) in [6.45, 7) is 7.79. The molecule has 0 aromatic carbocycles. The van der Waals surface area contributed by atoms with Gasteiger partial charge in [0, 0.05) is 28.8 Å².